The smallest absolute Gasteiger partial charge is 0.337 e. The highest BCUT2D eigenvalue weighted by Gasteiger charge is 2.12. The number of rotatable bonds is 1. The molecule has 4 nitrogen and oxygen atoms in total. The van der Waals surface area contributed by atoms with E-state index in [0.717, 1.165) is 9.99 Å². The van der Waals surface area contributed by atoms with Gasteiger partial charge in [0.2, 0.25) is 0 Å². The van der Waals surface area contributed by atoms with Crippen LogP contribution in [0.3, 0.4) is 0 Å². The second-order valence-electron chi connectivity index (χ2n) is 3.81. The summed E-state index contributed by atoms with van der Waals surface area (Å²) in [5.41, 5.74) is 2.56. The molecular formula is C13H7BrN2O2. The van der Waals surface area contributed by atoms with Gasteiger partial charge in [-0.2, -0.15) is 0 Å². The highest BCUT2D eigenvalue weighted by atomic mass is 79.9. The number of carbonyl (C=O) groups is 1. The molecule has 3 aromatic rings. The Labute approximate surface area is 110 Å². The molecule has 0 saturated heterocycles. The van der Waals surface area contributed by atoms with E-state index in [2.05, 4.69) is 25.9 Å². The van der Waals surface area contributed by atoms with Crippen LogP contribution in [0.1, 0.15) is 10.4 Å². The lowest BCUT2D eigenvalue weighted by molar-refractivity contribution is 0.0699. The van der Waals surface area contributed by atoms with Gasteiger partial charge in [0.05, 0.1) is 16.6 Å². The summed E-state index contributed by atoms with van der Waals surface area (Å²) in [6.07, 6.45) is 0. The van der Waals surface area contributed by atoms with Crippen LogP contribution < -0.4 is 0 Å². The Hall–Kier alpha value is -2.01. The average Bonchev–Trinajstić information content (AvgIpc) is 2.36. The van der Waals surface area contributed by atoms with Crippen molar-refractivity contribution in [2.75, 3.05) is 0 Å². The molecule has 0 bridgehead atoms. The summed E-state index contributed by atoms with van der Waals surface area (Å²) < 4.78 is 0.801. The molecule has 0 spiro atoms. The van der Waals surface area contributed by atoms with Crippen molar-refractivity contribution in [3.8, 4) is 0 Å². The maximum absolute atomic E-state index is 11.2. The van der Waals surface area contributed by atoms with E-state index in [-0.39, 0.29) is 5.56 Å². The van der Waals surface area contributed by atoms with Gasteiger partial charge >= 0.3 is 5.97 Å². The number of carboxylic acids is 1. The molecule has 2 aromatic carbocycles. The lowest BCUT2D eigenvalue weighted by atomic mass is 10.1. The van der Waals surface area contributed by atoms with Gasteiger partial charge in [-0.25, -0.2) is 14.8 Å². The quantitative estimate of drug-likeness (QED) is 0.701. The zero-order valence-corrected chi connectivity index (χ0v) is 10.7. The van der Waals surface area contributed by atoms with Gasteiger partial charge in [0.15, 0.2) is 0 Å². The van der Waals surface area contributed by atoms with Crippen molar-refractivity contribution in [1.29, 1.82) is 0 Å². The first-order valence-corrected chi connectivity index (χ1v) is 6.04. The molecule has 0 atom stereocenters. The molecule has 0 radical (unpaired) electrons. The third kappa shape index (κ3) is 1.64. The Morgan fingerprint density at radius 2 is 1.67 bits per heavy atom. The van der Waals surface area contributed by atoms with E-state index in [4.69, 9.17) is 5.11 Å². The fraction of sp³-hybridized carbons (Fsp3) is 0. The molecule has 0 aliphatic heterocycles. The molecule has 0 unspecified atom stereocenters. The lowest BCUT2D eigenvalue weighted by Gasteiger charge is -2.04. The van der Waals surface area contributed by atoms with Crippen LogP contribution in [0.4, 0.5) is 0 Å². The first-order valence-electron chi connectivity index (χ1n) is 5.25. The first-order chi connectivity index (χ1) is 8.66. The molecule has 0 aliphatic rings. The monoisotopic (exact) mass is 302 g/mol. The Morgan fingerprint density at radius 3 is 2.39 bits per heavy atom. The molecule has 0 fully saturated rings. The van der Waals surface area contributed by atoms with Gasteiger partial charge in [-0.15, -0.1) is 0 Å². The summed E-state index contributed by atoms with van der Waals surface area (Å²) in [6.45, 7) is 0. The topological polar surface area (TPSA) is 63.1 Å². The minimum absolute atomic E-state index is 0.164. The molecule has 5 heteroatoms. The predicted octanol–water partition coefficient (Wildman–Crippen LogP) is 3.24. The SMILES string of the molecule is O=C(O)c1cccc2nc3cccc(Br)c3nc12. The number of halogens is 1. The van der Waals surface area contributed by atoms with Gasteiger partial charge in [-0.3, -0.25) is 0 Å². The minimum Gasteiger partial charge on any atom is -0.478 e. The number of hydrogen-bond donors (Lipinski definition) is 1. The van der Waals surface area contributed by atoms with Gasteiger partial charge in [0.1, 0.15) is 11.0 Å². The number of para-hydroxylation sites is 2. The molecule has 88 valence electrons. The molecule has 1 N–H and O–H groups in total. The predicted molar refractivity (Wildman–Crippen MR) is 71.7 cm³/mol. The molecule has 18 heavy (non-hydrogen) atoms. The van der Waals surface area contributed by atoms with E-state index in [1.807, 2.05) is 18.2 Å². The largest absolute Gasteiger partial charge is 0.478 e. The fourth-order valence-corrected chi connectivity index (χ4v) is 2.30. The number of aromatic carboxylic acids is 1. The lowest BCUT2D eigenvalue weighted by Crippen LogP contribution is -2.00. The van der Waals surface area contributed by atoms with E-state index in [0.29, 0.717) is 16.6 Å². The number of fused-ring (bicyclic) bond motifs is 2. The Bertz CT molecular complexity index is 786. The van der Waals surface area contributed by atoms with Gasteiger partial charge in [-0.05, 0) is 40.2 Å². The number of nitrogens with zero attached hydrogens (tertiary/aromatic N) is 2. The standard InChI is InChI=1S/C13H7BrN2O2/c14-8-4-2-6-10-12(8)16-11-7(13(17)18)3-1-5-9(11)15-10/h1-6H,(H,17,18). The van der Waals surface area contributed by atoms with E-state index >= 15 is 0 Å². The minimum atomic E-state index is -0.999. The van der Waals surface area contributed by atoms with Crippen molar-refractivity contribution in [2.24, 2.45) is 0 Å². The number of aromatic nitrogens is 2. The van der Waals surface area contributed by atoms with Crippen molar-refractivity contribution in [3.63, 3.8) is 0 Å². The van der Waals surface area contributed by atoms with Crippen molar-refractivity contribution in [2.45, 2.75) is 0 Å². The summed E-state index contributed by atoms with van der Waals surface area (Å²) in [5.74, 6) is -0.999. The van der Waals surface area contributed by atoms with Gasteiger partial charge in [0, 0.05) is 4.47 Å². The molecular weight excluding hydrogens is 296 g/mol. The van der Waals surface area contributed by atoms with E-state index in [9.17, 15) is 4.79 Å². The van der Waals surface area contributed by atoms with Crippen LogP contribution in [-0.2, 0) is 0 Å². The molecule has 1 heterocycles. The normalized spacial score (nSPS) is 10.9. The number of carboxylic acid groups (broad SMARTS) is 1. The zero-order chi connectivity index (χ0) is 12.7. The Balaban J connectivity index is 2.50. The highest BCUT2D eigenvalue weighted by Crippen LogP contribution is 2.24. The van der Waals surface area contributed by atoms with Crippen LogP contribution in [-0.4, -0.2) is 21.0 Å². The van der Waals surface area contributed by atoms with Gasteiger partial charge < -0.3 is 5.11 Å². The Morgan fingerprint density at radius 1 is 1.00 bits per heavy atom. The summed E-state index contributed by atoms with van der Waals surface area (Å²) >= 11 is 3.39. The van der Waals surface area contributed by atoms with Gasteiger partial charge in [0.25, 0.3) is 0 Å². The van der Waals surface area contributed by atoms with Crippen molar-refractivity contribution < 1.29 is 9.90 Å². The van der Waals surface area contributed by atoms with E-state index < -0.39 is 5.97 Å². The maximum atomic E-state index is 11.2. The molecule has 0 amide bonds. The Kier molecular flexibility index (Phi) is 2.48. The second-order valence-corrected chi connectivity index (χ2v) is 4.66. The first kappa shape index (κ1) is 11.1. The van der Waals surface area contributed by atoms with Crippen molar-refractivity contribution in [1.82, 2.24) is 9.97 Å². The number of benzene rings is 2. The van der Waals surface area contributed by atoms with E-state index in [1.54, 1.807) is 12.1 Å². The van der Waals surface area contributed by atoms with Crippen LogP contribution in [0.5, 0.6) is 0 Å². The highest BCUT2D eigenvalue weighted by molar-refractivity contribution is 9.10. The van der Waals surface area contributed by atoms with Crippen molar-refractivity contribution >= 4 is 44.0 Å². The van der Waals surface area contributed by atoms with Crippen LogP contribution in [0.15, 0.2) is 40.9 Å². The third-order valence-electron chi connectivity index (χ3n) is 2.68. The maximum Gasteiger partial charge on any atom is 0.337 e. The zero-order valence-electron chi connectivity index (χ0n) is 9.09. The molecule has 0 saturated carbocycles. The van der Waals surface area contributed by atoms with E-state index in [1.165, 1.54) is 6.07 Å². The van der Waals surface area contributed by atoms with Crippen LogP contribution >= 0.6 is 15.9 Å². The summed E-state index contributed by atoms with van der Waals surface area (Å²) in [4.78, 5) is 20.0. The summed E-state index contributed by atoms with van der Waals surface area (Å²) in [7, 11) is 0. The fourth-order valence-electron chi connectivity index (χ4n) is 1.86. The molecule has 0 aliphatic carbocycles. The second kappa shape index (κ2) is 4.03. The third-order valence-corrected chi connectivity index (χ3v) is 3.32. The average molecular weight is 303 g/mol. The summed E-state index contributed by atoms with van der Waals surface area (Å²) in [5, 5.41) is 9.14. The van der Waals surface area contributed by atoms with Crippen LogP contribution in [0.2, 0.25) is 0 Å². The van der Waals surface area contributed by atoms with Crippen LogP contribution in [0.25, 0.3) is 22.1 Å². The molecule has 3 rings (SSSR count). The molecule has 1 aromatic heterocycles. The van der Waals surface area contributed by atoms with Gasteiger partial charge in [-0.1, -0.05) is 12.1 Å². The van der Waals surface area contributed by atoms with Crippen molar-refractivity contribution in [3.05, 3.63) is 46.4 Å². The number of hydrogen-bond acceptors (Lipinski definition) is 3. The summed E-state index contributed by atoms with van der Waals surface area (Å²) in [6, 6.07) is 10.5. The van der Waals surface area contributed by atoms with Crippen LogP contribution in [0, 0.1) is 0 Å².